The topological polar surface area (TPSA) is 103 Å². The van der Waals surface area contributed by atoms with Gasteiger partial charge >= 0.3 is 5.97 Å². The Hall–Kier alpha value is -2.74. The standard InChI is InChI=1S/C13H12N4O4/c1-20-7-9-12(13(18)19)15-16-17(9)6-11-14-8-4-2-3-5-10(8)21-11/h2-5H,6-7H2,1H3,(H,18,19). The average Bonchev–Trinajstić information content (AvgIpc) is 3.03. The third-order valence-electron chi connectivity index (χ3n) is 2.94. The van der Waals surface area contributed by atoms with Crippen molar-refractivity contribution < 1.29 is 19.1 Å². The second-order valence-corrected chi connectivity index (χ2v) is 4.36. The Morgan fingerprint density at radius 3 is 2.95 bits per heavy atom. The lowest BCUT2D eigenvalue weighted by molar-refractivity contribution is 0.0684. The Morgan fingerprint density at radius 2 is 2.24 bits per heavy atom. The number of carboxylic acids is 1. The molecule has 3 aromatic rings. The number of hydrogen-bond acceptors (Lipinski definition) is 6. The van der Waals surface area contributed by atoms with Crippen LogP contribution in [0.4, 0.5) is 0 Å². The smallest absolute Gasteiger partial charge is 0.358 e. The van der Waals surface area contributed by atoms with Gasteiger partial charge in [-0.3, -0.25) is 0 Å². The summed E-state index contributed by atoms with van der Waals surface area (Å²) in [6.07, 6.45) is 0. The molecule has 2 heterocycles. The molecule has 0 atom stereocenters. The number of methoxy groups -OCH3 is 1. The molecule has 21 heavy (non-hydrogen) atoms. The first-order valence-corrected chi connectivity index (χ1v) is 6.18. The van der Waals surface area contributed by atoms with Gasteiger partial charge in [-0.15, -0.1) is 5.10 Å². The summed E-state index contributed by atoms with van der Waals surface area (Å²) < 4.78 is 12.0. The molecule has 1 N–H and O–H groups in total. The van der Waals surface area contributed by atoms with Crippen LogP contribution in [0.3, 0.4) is 0 Å². The Morgan fingerprint density at radius 1 is 1.43 bits per heavy atom. The molecule has 108 valence electrons. The van der Waals surface area contributed by atoms with Crippen molar-refractivity contribution in [1.82, 2.24) is 20.0 Å². The number of ether oxygens (including phenoxy) is 1. The number of para-hydroxylation sites is 2. The lowest BCUT2D eigenvalue weighted by atomic mass is 10.3. The van der Waals surface area contributed by atoms with Gasteiger partial charge in [0.1, 0.15) is 12.1 Å². The van der Waals surface area contributed by atoms with E-state index in [4.69, 9.17) is 14.3 Å². The number of nitrogens with zero attached hydrogens (tertiary/aromatic N) is 4. The lowest BCUT2D eigenvalue weighted by Gasteiger charge is -2.03. The van der Waals surface area contributed by atoms with Crippen molar-refractivity contribution in [2.75, 3.05) is 7.11 Å². The molecule has 0 fully saturated rings. The molecule has 0 unspecified atom stereocenters. The van der Waals surface area contributed by atoms with E-state index in [-0.39, 0.29) is 18.8 Å². The third-order valence-corrected chi connectivity index (χ3v) is 2.94. The first kappa shape index (κ1) is 13.3. The van der Waals surface area contributed by atoms with E-state index in [0.717, 1.165) is 5.52 Å². The molecule has 8 nitrogen and oxygen atoms in total. The molecule has 2 aromatic heterocycles. The largest absolute Gasteiger partial charge is 0.476 e. The van der Waals surface area contributed by atoms with Crippen LogP contribution >= 0.6 is 0 Å². The van der Waals surface area contributed by atoms with Crippen molar-refractivity contribution in [3.05, 3.63) is 41.5 Å². The highest BCUT2D eigenvalue weighted by Gasteiger charge is 2.20. The summed E-state index contributed by atoms with van der Waals surface area (Å²) in [6, 6.07) is 7.36. The summed E-state index contributed by atoms with van der Waals surface area (Å²) in [5.74, 6) is -0.721. The minimum absolute atomic E-state index is 0.0921. The average molecular weight is 288 g/mol. The van der Waals surface area contributed by atoms with Crippen molar-refractivity contribution in [3.8, 4) is 0 Å². The van der Waals surface area contributed by atoms with Gasteiger partial charge < -0.3 is 14.3 Å². The van der Waals surface area contributed by atoms with Crippen LogP contribution in [0.2, 0.25) is 0 Å². The molecule has 0 saturated heterocycles. The van der Waals surface area contributed by atoms with Gasteiger partial charge in [0, 0.05) is 7.11 Å². The molecule has 0 amide bonds. The Balaban J connectivity index is 1.95. The van der Waals surface area contributed by atoms with E-state index in [1.54, 1.807) is 0 Å². The van der Waals surface area contributed by atoms with Gasteiger partial charge in [0.05, 0.1) is 12.3 Å². The van der Waals surface area contributed by atoms with Crippen molar-refractivity contribution in [1.29, 1.82) is 0 Å². The monoisotopic (exact) mass is 288 g/mol. The lowest BCUT2D eigenvalue weighted by Crippen LogP contribution is -2.10. The molecular formula is C13H12N4O4. The molecule has 1 aromatic carbocycles. The van der Waals surface area contributed by atoms with Gasteiger partial charge in [-0.1, -0.05) is 17.3 Å². The van der Waals surface area contributed by atoms with Crippen molar-refractivity contribution in [3.63, 3.8) is 0 Å². The highest BCUT2D eigenvalue weighted by molar-refractivity contribution is 5.86. The van der Waals surface area contributed by atoms with Crippen LogP contribution in [0.15, 0.2) is 28.7 Å². The second-order valence-electron chi connectivity index (χ2n) is 4.36. The number of fused-ring (bicyclic) bond motifs is 1. The van der Waals surface area contributed by atoms with E-state index < -0.39 is 5.97 Å². The van der Waals surface area contributed by atoms with Gasteiger partial charge in [0.2, 0.25) is 5.89 Å². The van der Waals surface area contributed by atoms with E-state index in [9.17, 15) is 4.79 Å². The third kappa shape index (κ3) is 2.48. The van der Waals surface area contributed by atoms with Crippen LogP contribution in [-0.4, -0.2) is 38.2 Å². The zero-order valence-corrected chi connectivity index (χ0v) is 11.2. The normalized spacial score (nSPS) is 11.1. The zero-order valence-electron chi connectivity index (χ0n) is 11.2. The van der Waals surface area contributed by atoms with Crippen LogP contribution < -0.4 is 0 Å². The highest BCUT2D eigenvalue weighted by atomic mass is 16.5. The Kier molecular flexibility index (Phi) is 3.36. The molecule has 0 saturated carbocycles. The predicted molar refractivity (Wildman–Crippen MR) is 70.8 cm³/mol. The minimum Gasteiger partial charge on any atom is -0.476 e. The number of benzene rings is 1. The molecule has 0 aliphatic rings. The molecule has 0 aliphatic carbocycles. The van der Waals surface area contributed by atoms with E-state index >= 15 is 0 Å². The molecule has 8 heteroatoms. The fourth-order valence-electron chi connectivity index (χ4n) is 2.02. The summed E-state index contributed by atoms with van der Waals surface area (Å²) in [4.78, 5) is 15.4. The maximum Gasteiger partial charge on any atom is 0.358 e. The molecule has 0 bridgehead atoms. The van der Waals surface area contributed by atoms with Crippen LogP contribution in [0.1, 0.15) is 22.1 Å². The molecule has 0 spiro atoms. The number of aromatic carboxylic acids is 1. The van der Waals surface area contributed by atoms with Crippen molar-refractivity contribution >= 4 is 17.1 Å². The molecule has 3 rings (SSSR count). The number of carboxylic acid groups (broad SMARTS) is 1. The fraction of sp³-hybridized carbons (Fsp3) is 0.231. The number of oxazole rings is 1. The summed E-state index contributed by atoms with van der Waals surface area (Å²) in [5.41, 5.74) is 1.64. The molecule has 0 aliphatic heterocycles. The number of rotatable bonds is 5. The van der Waals surface area contributed by atoms with Crippen molar-refractivity contribution in [2.45, 2.75) is 13.2 Å². The minimum atomic E-state index is -1.15. The van der Waals surface area contributed by atoms with Crippen LogP contribution in [0.5, 0.6) is 0 Å². The summed E-state index contributed by atoms with van der Waals surface area (Å²) in [7, 11) is 1.47. The van der Waals surface area contributed by atoms with Crippen molar-refractivity contribution in [2.24, 2.45) is 0 Å². The first-order chi connectivity index (χ1) is 10.2. The zero-order chi connectivity index (χ0) is 14.8. The summed E-state index contributed by atoms with van der Waals surface area (Å²) in [5, 5.41) is 16.6. The SMILES string of the molecule is COCc1c(C(=O)O)nnn1Cc1nc2ccccc2o1. The van der Waals surface area contributed by atoms with Crippen LogP contribution in [0.25, 0.3) is 11.1 Å². The fourth-order valence-corrected chi connectivity index (χ4v) is 2.02. The predicted octanol–water partition coefficient (Wildman–Crippen LogP) is 1.31. The van der Waals surface area contributed by atoms with Gasteiger partial charge in [0.15, 0.2) is 11.3 Å². The van der Waals surface area contributed by atoms with E-state index in [1.807, 2.05) is 24.3 Å². The van der Waals surface area contributed by atoms with Gasteiger partial charge in [0.25, 0.3) is 0 Å². The number of hydrogen-bond donors (Lipinski definition) is 1. The van der Waals surface area contributed by atoms with E-state index in [2.05, 4.69) is 15.3 Å². The maximum absolute atomic E-state index is 11.1. The Labute approximate surface area is 119 Å². The van der Waals surface area contributed by atoms with Crippen LogP contribution in [0, 0.1) is 0 Å². The van der Waals surface area contributed by atoms with E-state index in [1.165, 1.54) is 11.8 Å². The molecular weight excluding hydrogens is 276 g/mol. The first-order valence-electron chi connectivity index (χ1n) is 6.18. The summed E-state index contributed by atoms with van der Waals surface area (Å²) >= 11 is 0. The number of carbonyl (C=O) groups is 1. The highest BCUT2D eigenvalue weighted by Crippen LogP contribution is 2.16. The van der Waals surface area contributed by atoms with Gasteiger partial charge in [-0.2, -0.15) is 0 Å². The van der Waals surface area contributed by atoms with Gasteiger partial charge in [-0.25, -0.2) is 14.5 Å². The maximum atomic E-state index is 11.1. The second kappa shape index (κ2) is 5.33. The van der Waals surface area contributed by atoms with Crippen LogP contribution in [-0.2, 0) is 17.9 Å². The number of aromatic nitrogens is 4. The van der Waals surface area contributed by atoms with E-state index in [0.29, 0.717) is 17.2 Å². The van der Waals surface area contributed by atoms with Gasteiger partial charge in [-0.05, 0) is 12.1 Å². The summed E-state index contributed by atoms with van der Waals surface area (Å²) in [6.45, 7) is 0.280. The quantitative estimate of drug-likeness (QED) is 0.754. The Bertz CT molecular complexity index is 759. The molecule has 0 radical (unpaired) electrons.